The molecule has 0 heterocycles. The van der Waals surface area contributed by atoms with Crippen molar-refractivity contribution in [1.29, 1.82) is 0 Å². The van der Waals surface area contributed by atoms with Crippen molar-refractivity contribution in [3.63, 3.8) is 0 Å². The number of ether oxygens (including phenoxy) is 1. The minimum absolute atomic E-state index is 0.00894. The summed E-state index contributed by atoms with van der Waals surface area (Å²) in [6.45, 7) is 0.748. The lowest BCUT2D eigenvalue weighted by molar-refractivity contribution is 0.0697. The summed E-state index contributed by atoms with van der Waals surface area (Å²) in [6.07, 6.45) is 0.172. The quantitative estimate of drug-likeness (QED) is 0.189. The molecule has 1 amide bonds. The average Bonchev–Trinajstić information content (AvgIpc) is 2.48. The number of hydrogen-bond acceptors (Lipinski definition) is 6. The van der Waals surface area contributed by atoms with E-state index in [2.05, 4.69) is 5.16 Å². The Morgan fingerprint density at radius 3 is 2.71 bits per heavy atom. The van der Waals surface area contributed by atoms with Gasteiger partial charge in [0.15, 0.2) is 0 Å². The first-order chi connectivity index (χ1) is 9.99. The molecule has 0 atom stereocenters. The van der Waals surface area contributed by atoms with E-state index in [1.165, 1.54) is 30.2 Å². The highest BCUT2D eigenvalue weighted by molar-refractivity contribution is 5.97. The molecule has 8 nitrogen and oxygen atoms in total. The van der Waals surface area contributed by atoms with E-state index >= 15 is 0 Å². The third kappa shape index (κ3) is 4.84. The summed E-state index contributed by atoms with van der Waals surface area (Å²) in [4.78, 5) is 13.8. The van der Waals surface area contributed by atoms with Crippen LogP contribution in [0.5, 0.6) is 11.5 Å². The van der Waals surface area contributed by atoms with Gasteiger partial charge in [-0.2, -0.15) is 0 Å². The maximum Gasteiger partial charge on any atom is 0.257 e. The van der Waals surface area contributed by atoms with Crippen LogP contribution in [0.15, 0.2) is 23.4 Å². The maximum atomic E-state index is 12.4. The molecule has 0 aliphatic rings. The molecular formula is C13H19N3O5. The number of benzene rings is 1. The summed E-state index contributed by atoms with van der Waals surface area (Å²) in [6, 6.07) is 3.70. The number of carbonyl (C=O) groups is 1. The van der Waals surface area contributed by atoms with E-state index in [9.17, 15) is 15.0 Å². The minimum atomic E-state index is -0.480. The van der Waals surface area contributed by atoms with E-state index in [4.69, 9.17) is 15.7 Å². The van der Waals surface area contributed by atoms with Gasteiger partial charge in [0.1, 0.15) is 17.3 Å². The molecule has 5 N–H and O–H groups in total. The van der Waals surface area contributed by atoms with E-state index in [0.717, 1.165) is 0 Å². The highest BCUT2D eigenvalue weighted by atomic mass is 16.5. The molecule has 1 aromatic rings. The molecular weight excluding hydrogens is 278 g/mol. The lowest BCUT2D eigenvalue weighted by Gasteiger charge is -2.22. The van der Waals surface area contributed by atoms with Crippen LogP contribution in [0, 0.1) is 0 Å². The third-order valence-electron chi connectivity index (χ3n) is 2.83. The summed E-state index contributed by atoms with van der Waals surface area (Å²) >= 11 is 0. The highest BCUT2D eigenvalue weighted by Crippen LogP contribution is 2.23. The number of nitrogens with zero attached hydrogens (tertiary/aromatic N) is 2. The number of amidine groups is 1. The normalized spacial score (nSPS) is 11.4. The molecule has 0 radical (unpaired) electrons. The molecule has 0 bridgehead atoms. The molecule has 0 spiro atoms. The van der Waals surface area contributed by atoms with Crippen LogP contribution in [0.1, 0.15) is 16.8 Å². The van der Waals surface area contributed by atoms with Crippen LogP contribution >= 0.6 is 0 Å². The van der Waals surface area contributed by atoms with Crippen LogP contribution in [0.2, 0.25) is 0 Å². The molecule has 0 saturated carbocycles. The summed E-state index contributed by atoms with van der Waals surface area (Å²) in [7, 11) is 1.50. The number of oxime groups is 1. The van der Waals surface area contributed by atoms with E-state index < -0.39 is 5.91 Å². The van der Waals surface area contributed by atoms with Gasteiger partial charge in [0, 0.05) is 26.6 Å². The van der Waals surface area contributed by atoms with Gasteiger partial charge < -0.3 is 30.8 Å². The van der Waals surface area contributed by atoms with E-state index in [1.807, 2.05) is 0 Å². The van der Waals surface area contributed by atoms with Crippen LogP contribution in [0.25, 0.3) is 0 Å². The monoisotopic (exact) mass is 297 g/mol. The van der Waals surface area contributed by atoms with Gasteiger partial charge in [-0.05, 0) is 18.2 Å². The van der Waals surface area contributed by atoms with Crippen LogP contribution in [0.4, 0.5) is 0 Å². The van der Waals surface area contributed by atoms with Crippen molar-refractivity contribution < 1.29 is 25.0 Å². The lowest BCUT2D eigenvalue weighted by atomic mass is 10.1. The topological polar surface area (TPSA) is 129 Å². The van der Waals surface area contributed by atoms with E-state index in [-0.39, 0.29) is 42.4 Å². The second kappa shape index (κ2) is 7.95. The summed E-state index contributed by atoms with van der Waals surface area (Å²) in [5.74, 6) is -0.847. The second-order valence-corrected chi connectivity index (χ2v) is 4.33. The fourth-order valence-corrected chi connectivity index (χ4v) is 1.68. The number of nitrogens with two attached hydrogens (primary N) is 1. The fourth-order valence-electron chi connectivity index (χ4n) is 1.68. The molecule has 116 valence electrons. The number of methoxy groups -OCH3 is 1. The lowest BCUT2D eigenvalue weighted by Crippen LogP contribution is -2.36. The van der Waals surface area contributed by atoms with Gasteiger partial charge in [-0.3, -0.25) is 4.79 Å². The maximum absolute atomic E-state index is 12.4. The van der Waals surface area contributed by atoms with Crippen molar-refractivity contribution in [3.8, 4) is 11.5 Å². The smallest absolute Gasteiger partial charge is 0.257 e. The van der Waals surface area contributed by atoms with Gasteiger partial charge in [0.05, 0.1) is 12.2 Å². The van der Waals surface area contributed by atoms with Gasteiger partial charge in [-0.25, -0.2) is 0 Å². The van der Waals surface area contributed by atoms with Crippen molar-refractivity contribution in [2.75, 3.05) is 26.8 Å². The van der Waals surface area contributed by atoms with Crippen LogP contribution < -0.4 is 5.73 Å². The van der Waals surface area contributed by atoms with Crippen molar-refractivity contribution in [2.24, 2.45) is 10.9 Å². The molecule has 0 aliphatic carbocycles. The molecule has 21 heavy (non-hydrogen) atoms. The molecule has 1 rings (SSSR count). The molecule has 1 aromatic carbocycles. The predicted molar refractivity (Wildman–Crippen MR) is 75.6 cm³/mol. The van der Waals surface area contributed by atoms with Gasteiger partial charge in [0.2, 0.25) is 0 Å². The number of phenols is 2. The Labute approximate surface area is 122 Å². The number of hydrogen-bond donors (Lipinski definition) is 4. The average molecular weight is 297 g/mol. The Morgan fingerprint density at radius 2 is 2.10 bits per heavy atom. The Bertz CT molecular complexity index is 519. The first kappa shape index (κ1) is 16.6. The van der Waals surface area contributed by atoms with Gasteiger partial charge in [0.25, 0.3) is 5.91 Å². The number of carbonyl (C=O) groups excluding carboxylic acids is 1. The number of amides is 1. The minimum Gasteiger partial charge on any atom is -0.508 e. The van der Waals surface area contributed by atoms with Crippen molar-refractivity contribution in [1.82, 2.24) is 4.90 Å². The predicted octanol–water partition coefficient (Wildman–Crippen LogP) is 0.323. The van der Waals surface area contributed by atoms with E-state index in [1.54, 1.807) is 0 Å². The van der Waals surface area contributed by atoms with Gasteiger partial charge in [-0.1, -0.05) is 5.16 Å². The standard InChI is InChI=1S/C13H19N3O5/c1-21-7-6-16(5-4-12(14)15-20)13(19)10-8-9(17)2-3-11(10)18/h2-3,8,17-18,20H,4-7H2,1H3,(H2,14,15). The van der Waals surface area contributed by atoms with Crippen LogP contribution in [0.3, 0.4) is 0 Å². The summed E-state index contributed by atoms with van der Waals surface area (Å²) in [5.41, 5.74) is 5.36. The Hall–Kier alpha value is -2.48. The third-order valence-corrected chi connectivity index (χ3v) is 2.83. The van der Waals surface area contributed by atoms with Crippen molar-refractivity contribution in [3.05, 3.63) is 23.8 Å². The summed E-state index contributed by atoms with van der Waals surface area (Å²) in [5, 5.41) is 30.5. The molecule has 0 saturated heterocycles. The zero-order valence-electron chi connectivity index (χ0n) is 11.7. The number of phenolic OH excluding ortho intramolecular Hbond substituents is 2. The highest BCUT2D eigenvalue weighted by Gasteiger charge is 2.19. The fraction of sp³-hybridized carbons (Fsp3) is 0.385. The largest absolute Gasteiger partial charge is 0.508 e. The first-order valence-corrected chi connectivity index (χ1v) is 6.26. The molecule has 8 heteroatoms. The van der Waals surface area contributed by atoms with Crippen molar-refractivity contribution >= 4 is 11.7 Å². The van der Waals surface area contributed by atoms with Gasteiger partial charge in [-0.15, -0.1) is 0 Å². The SMILES string of the molecule is COCCN(CC/C(N)=N/O)C(=O)c1cc(O)ccc1O. The summed E-state index contributed by atoms with van der Waals surface area (Å²) < 4.78 is 4.93. The molecule has 0 fully saturated rings. The second-order valence-electron chi connectivity index (χ2n) is 4.33. The van der Waals surface area contributed by atoms with Crippen molar-refractivity contribution in [2.45, 2.75) is 6.42 Å². The molecule has 0 aromatic heterocycles. The van der Waals surface area contributed by atoms with Crippen LogP contribution in [-0.4, -0.2) is 58.9 Å². The first-order valence-electron chi connectivity index (χ1n) is 6.26. The Balaban J connectivity index is 2.90. The van der Waals surface area contributed by atoms with Gasteiger partial charge >= 0.3 is 0 Å². The number of rotatable bonds is 7. The zero-order chi connectivity index (χ0) is 15.8. The molecule has 0 unspecified atom stereocenters. The van der Waals surface area contributed by atoms with E-state index in [0.29, 0.717) is 6.61 Å². The molecule has 0 aliphatic heterocycles. The number of aromatic hydroxyl groups is 2. The zero-order valence-corrected chi connectivity index (χ0v) is 11.7. The Kier molecular flexibility index (Phi) is 6.28. The Morgan fingerprint density at radius 1 is 1.38 bits per heavy atom. The van der Waals surface area contributed by atoms with Crippen LogP contribution in [-0.2, 0) is 4.74 Å².